The van der Waals surface area contributed by atoms with Gasteiger partial charge in [0.2, 0.25) is 0 Å². The van der Waals surface area contributed by atoms with E-state index in [9.17, 15) is 9.90 Å². The van der Waals surface area contributed by atoms with E-state index in [1.807, 2.05) is 38.4 Å². The Labute approximate surface area is 138 Å². The van der Waals surface area contributed by atoms with Crippen LogP contribution >= 0.6 is 0 Å². The molecule has 1 N–H and O–H groups in total. The number of ether oxygens (including phenoxy) is 2. The number of benzene rings is 1. The summed E-state index contributed by atoms with van der Waals surface area (Å²) < 4.78 is 10.7. The number of hydrogen-bond donors (Lipinski definition) is 1. The Morgan fingerprint density at radius 3 is 2.74 bits per heavy atom. The number of carbonyl (C=O) groups excluding carboxylic acids is 1. The molecule has 128 valence electrons. The average molecular weight is 321 g/mol. The molecule has 3 atom stereocenters. The Balaban J connectivity index is 2.32. The van der Waals surface area contributed by atoms with Crippen molar-refractivity contribution in [3.63, 3.8) is 0 Å². The van der Waals surface area contributed by atoms with Gasteiger partial charge in [0.05, 0.1) is 12.7 Å². The molecule has 1 saturated carbocycles. The number of rotatable bonds is 5. The molecule has 0 spiro atoms. The topological polar surface area (TPSA) is 59.0 Å². The van der Waals surface area contributed by atoms with Crippen molar-refractivity contribution in [3.05, 3.63) is 29.8 Å². The molecule has 1 fully saturated rings. The highest BCUT2D eigenvalue weighted by Crippen LogP contribution is 2.43. The summed E-state index contributed by atoms with van der Waals surface area (Å²) in [6, 6.07) is 7.54. The SMILES string of the molecule is COc1cccc([C@@]2(O)C[C@@H](OC(C)=O)CC[C@H]2CN(C)C)c1. The first-order chi connectivity index (χ1) is 10.8. The van der Waals surface area contributed by atoms with Crippen molar-refractivity contribution in [3.8, 4) is 5.75 Å². The second kappa shape index (κ2) is 7.32. The maximum Gasteiger partial charge on any atom is 0.302 e. The fraction of sp³-hybridized carbons (Fsp3) is 0.611. The van der Waals surface area contributed by atoms with E-state index in [-0.39, 0.29) is 18.0 Å². The Kier molecular flexibility index (Phi) is 5.65. The van der Waals surface area contributed by atoms with Crippen molar-refractivity contribution >= 4 is 5.97 Å². The number of esters is 1. The van der Waals surface area contributed by atoms with E-state index in [1.165, 1.54) is 6.92 Å². The summed E-state index contributed by atoms with van der Waals surface area (Å²) in [7, 11) is 5.62. The standard InChI is InChI=1S/C18H27NO4/c1-13(20)23-17-9-8-15(12-19(2)3)18(21,11-17)14-6-5-7-16(10-14)22-4/h5-7,10,15,17,21H,8-9,11-12H2,1-4H3/t15-,17-,18-/m0/s1. The van der Waals surface area contributed by atoms with E-state index in [2.05, 4.69) is 4.90 Å². The Morgan fingerprint density at radius 2 is 2.13 bits per heavy atom. The summed E-state index contributed by atoms with van der Waals surface area (Å²) in [4.78, 5) is 13.4. The molecule has 0 amide bonds. The second-order valence-electron chi connectivity index (χ2n) is 6.63. The third kappa shape index (κ3) is 4.24. The van der Waals surface area contributed by atoms with Gasteiger partial charge in [-0.3, -0.25) is 4.79 Å². The van der Waals surface area contributed by atoms with Crippen LogP contribution in [0.3, 0.4) is 0 Å². The summed E-state index contributed by atoms with van der Waals surface area (Å²) in [6.45, 7) is 2.19. The van der Waals surface area contributed by atoms with Crippen LogP contribution in [0, 0.1) is 5.92 Å². The minimum absolute atomic E-state index is 0.0800. The van der Waals surface area contributed by atoms with Gasteiger partial charge in [0.25, 0.3) is 0 Å². The van der Waals surface area contributed by atoms with Crippen LogP contribution in [-0.2, 0) is 15.1 Å². The predicted molar refractivity (Wildman–Crippen MR) is 88.3 cm³/mol. The van der Waals surface area contributed by atoms with Crippen LogP contribution in [0.5, 0.6) is 5.75 Å². The number of methoxy groups -OCH3 is 1. The summed E-state index contributed by atoms with van der Waals surface area (Å²) in [6.07, 6.45) is 1.76. The van der Waals surface area contributed by atoms with E-state index in [4.69, 9.17) is 9.47 Å². The molecule has 5 heteroatoms. The lowest BCUT2D eigenvalue weighted by Crippen LogP contribution is -2.47. The van der Waals surface area contributed by atoms with Gasteiger partial charge >= 0.3 is 5.97 Å². The predicted octanol–water partition coefficient (Wildman–Crippen LogP) is 2.18. The second-order valence-corrected chi connectivity index (χ2v) is 6.63. The summed E-state index contributed by atoms with van der Waals surface area (Å²) in [5.74, 6) is 0.500. The van der Waals surface area contributed by atoms with Crippen molar-refractivity contribution < 1.29 is 19.4 Å². The zero-order valence-corrected chi connectivity index (χ0v) is 14.4. The quantitative estimate of drug-likeness (QED) is 0.842. The molecule has 1 aliphatic carbocycles. The molecule has 0 heterocycles. The van der Waals surface area contributed by atoms with Gasteiger partial charge in [0.15, 0.2) is 0 Å². The van der Waals surface area contributed by atoms with E-state index >= 15 is 0 Å². The van der Waals surface area contributed by atoms with E-state index < -0.39 is 5.60 Å². The van der Waals surface area contributed by atoms with Crippen molar-refractivity contribution in [1.82, 2.24) is 4.90 Å². The summed E-state index contributed by atoms with van der Waals surface area (Å²) in [5.41, 5.74) is -0.211. The fourth-order valence-corrected chi connectivity index (χ4v) is 3.51. The number of nitrogens with zero attached hydrogens (tertiary/aromatic N) is 1. The lowest BCUT2D eigenvalue weighted by atomic mass is 9.70. The molecule has 0 bridgehead atoms. The molecule has 0 unspecified atom stereocenters. The number of carbonyl (C=O) groups is 1. The summed E-state index contributed by atoms with van der Waals surface area (Å²) in [5, 5.41) is 11.5. The van der Waals surface area contributed by atoms with Crippen LogP contribution in [0.2, 0.25) is 0 Å². The van der Waals surface area contributed by atoms with Gasteiger partial charge < -0.3 is 19.5 Å². The molecule has 1 aromatic rings. The van der Waals surface area contributed by atoms with E-state index in [0.29, 0.717) is 12.2 Å². The number of hydrogen-bond acceptors (Lipinski definition) is 5. The average Bonchev–Trinajstić information content (AvgIpc) is 2.49. The minimum atomic E-state index is -1.03. The molecular formula is C18H27NO4. The third-order valence-corrected chi connectivity index (χ3v) is 4.54. The van der Waals surface area contributed by atoms with Crippen LogP contribution in [0.25, 0.3) is 0 Å². The number of aliphatic hydroxyl groups is 1. The first-order valence-electron chi connectivity index (χ1n) is 8.04. The molecule has 0 radical (unpaired) electrons. The van der Waals surface area contributed by atoms with Gasteiger partial charge in [0, 0.05) is 25.8 Å². The van der Waals surface area contributed by atoms with Crippen molar-refractivity contribution in [2.24, 2.45) is 5.92 Å². The van der Waals surface area contributed by atoms with Crippen LogP contribution in [0.1, 0.15) is 31.7 Å². The first kappa shape index (κ1) is 17.8. The van der Waals surface area contributed by atoms with Gasteiger partial charge in [-0.1, -0.05) is 12.1 Å². The van der Waals surface area contributed by atoms with Gasteiger partial charge in [-0.15, -0.1) is 0 Å². The lowest BCUT2D eigenvalue weighted by molar-refractivity contribution is -0.158. The van der Waals surface area contributed by atoms with Crippen molar-refractivity contribution in [2.45, 2.75) is 37.9 Å². The maximum atomic E-state index is 11.5. The van der Waals surface area contributed by atoms with Crippen LogP contribution in [-0.4, -0.2) is 49.8 Å². The Bertz CT molecular complexity index is 546. The lowest BCUT2D eigenvalue weighted by Gasteiger charge is -2.44. The van der Waals surface area contributed by atoms with E-state index in [1.54, 1.807) is 7.11 Å². The fourth-order valence-electron chi connectivity index (χ4n) is 3.51. The summed E-state index contributed by atoms with van der Waals surface area (Å²) >= 11 is 0. The molecule has 0 saturated heterocycles. The molecule has 5 nitrogen and oxygen atoms in total. The maximum absolute atomic E-state index is 11.5. The van der Waals surface area contributed by atoms with Crippen LogP contribution < -0.4 is 4.74 Å². The highest BCUT2D eigenvalue weighted by molar-refractivity contribution is 5.66. The van der Waals surface area contributed by atoms with Gasteiger partial charge in [-0.05, 0) is 44.6 Å². The molecule has 2 rings (SSSR count). The van der Waals surface area contributed by atoms with Gasteiger partial charge in [0.1, 0.15) is 11.9 Å². The van der Waals surface area contributed by atoms with Crippen molar-refractivity contribution in [1.29, 1.82) is 0 Å². The monoisotopic (exact) mass is 321 g/mol. The van der Waals surface area contributed by atoms with Gasteiger partial charge in [-0.25, -0.2) is 0 Å². The zero-order chi connectivity index (χ0) is 17.0. The molecular weight excluding hydrogens is 294 g/mol. The van der Waals surface area contributed by atoms with Gasteiger partial charge in [-0.2, -0.15) is 0 Å². The normalized spacial score (nSPS) is 27.7. The molecule has 1 aliphatic rings. The first-order valence-corrected chi connectivity index (χ1v) is 8.04. The van der Waals surface area contributed by atoms with Crippen molar-refractivity contribution in [2.75, 3.05) is 27.7 Å². The highest BCUT2D eigenvalue weighted by atomic mass is 16.5. The van der Waals surface area contributed by atoms with E-state index in [0.717, 1.165) is 24.9 Å². The Morgan fingerprint density at radius 1 is 1.39 bits per heavy atom. The Hall–Kier alpha value is -1.59. The molecule has 0 aromatic heterocycles. The largest absolute Gasteiger partial charge is 0.497 e. The molecule has 23 heavy (non-hydrogen) atoms. The molecule has 0 aliphatic heterocycles. The highest BCUT2D eigenvalue weighted by Gasteiger charge is 2.45. The zero-order valence-electron chi connectivity index (χ0n) is 14.4. The molecule has 1 aromatic carbocycles. The minimum Gasteiger partial charge on any atom is -0.497 e. The smallest absolute Gasteiger partial charge is 0.302 e. The van der Waals surface area contributed by atoms with Crippen LogP contribution in [0.4, 0.5) is 0 Å². The third-order valence-electron chi connectivity index (χ3n) is 4.54. The van der Waals surface area contributed by atoms with Crippen LogP contribution in [0.15, 0.2) is 24.3 Å².